The summed E-state index contributed by atoms with van der Waals surface area (Å²) in [5.74, 6) is 1.47. The van der Waals surface area contributed by atoms with Gasteiger partial charge in [0, 0.05) is 39.4 Å². The van der Waals surface area contributed by atoms with E-state index in [1.807, 2.05) is 53.2 Å². The molecule has 0 saturated heterocycles. The molecule has 0 spiro atoms. The van der Waals surface area contributed by atoms with Gasteiger partial charge >= 0.3 is 0 Å². The van der Waals surface area contributed by atoms with Gasteiger partial charge in [0.25, 0.3) is 0 Å². The first-order chi connectivity index (χ1) is 14.4. The van der Waals surface area contributed by atoms with E-state index in [1.54, 1.807) is 36.0 Å². The highest BCUT2D eigenvalue weighted by Gasteiger charge is 2.14. The third-order valence-electron chi connectivity index (χ3n) is 4.53. The number of aromatic nitrogens is 2. The zero-order chi connectivity index (χ0) is 21.1. The second kappa shape index (κ2) is 8.68. The van der Waals surface area contributed by atoms with Gasteiger partial charge in [0.1, 0.15) is 5.82 Å². The predicted octanol–water partition coefficient (Wildman–Crippen LogP) is 5.89. The molecule has 3 aromatic carbocycles. The predicted molar refractivity (Wildman–Crippen MR) is 123 cm³/mol. The van der Waals surface area contributed by atoms with Gasteiger partial charge in [-0.3, -0.25) is 4.57 Å². The van der Waals surface area contributed by atoms with Crippen molar-refractivity contribution in [3.63, 3.8) is 0 Å². The molecule has 152 valence electrons. The third kappa shape index (κ3) is 4.78. The number of imidazole rings is 1. The van der Waals surface area contributed by atoms with E-state index in [2.05, 4.69) is 12.1 Å². The zero-order valence-electron chi connectivity index (χ0n) is 16.2. The number of thioether (sulfide) groups is 1. The number of halogens is 1. The fourth-order valence-corrected chi connectivity index (χ4v) is 4.59. The van der Waals surface area contributed by atoms with Gasteiger partial charge in [-0.1, -0.05) is 29.8 Å². The van der Waals surface area contributed by atoms with Crippen molar-refractivity contribution < 1.29 is 8.42 Å². The first-order valence-corrected chi connectivity index (χ1v) is 12.5. The lowest BCUT2D eigenvalue weighted by Crippen LogP contribution is -1.98. The summed E-state index contributed by atoms with van der Waals surface area (Å²) in [4.78, 5) is 6.31. The molecular weight excluding hydrogens is 436 g/mol. The van der Waals surface area contributed by atoms with Crippen molar-refractivity contribution in [1.29, 1.82) is 0 Å². The van der Waals surface area contributed by atoms with Gasteiger partial charge in [0.15, 0.2) is 9.84 Å². The van der Waals surface area contributed by atoms with Crippen LogP contribution in [-0.4, -0.2) is 24.2 Å². The van der Waals surface area contributed by atoms with Crippen LogP contribution in [0.3, 0.4) is 0 Å². The molecule has 0 fully saturated rings. The van der Waals surface area contributed by atoms with Crippen LogP contribution in [0.25, 0.3) is 17.1 Å². The highest BCUT2D eigenvalue weighted by molar-refractivity contribution is 7.98. The van der Waals surface area contributed by atoms with Crippen LogP contribution >= 0.6 is 23.4 Å². The molecule has 0 aliphatic carbocycles. The molecule has 4 nitrogen and oxygen atoms in total. The maximum Gasteiger partial charge on any atom is 0.175 e. The second-order valence-corrected chi connectivity index (χ2v) is 10.3. The molecule has 4 rings (SSSR count). The number of rotatable bonds is 6. The lowest BCUT2D eigenvalue weighted by atomic mass is 10.2. The highest BCUT2D eigenvalue weighted by atomic mass is 35.5. The van der Waals surface area contributed by atoms with Gasteiger partial charge in [0.2, 0.25) is 0 Å². The van der Waals surface area contributed by atoms with E-state index in [0.717, 1.165) is 28.5 Å². The van der Waals surface area contributed by atoms with Crippen molar-refractivity contribution in [3.05, 3.63) is 95.8 Å². The Morgan fingerprint density at radius 3 is 2.23 bits per heavy atom. The van der Waals surface area contributed by atoms with Crippen LogP contribution < -0.4 is 0 Å². The minimum absolute atomic E-state index is 0.288. The summed E-state index contributed by atoms with van der Waals surface area (Å²) in [5.41, 5.74) is 2.71. The quantitative estimate of drug-likeness (QED) is 0.341. The summed E-state index contributed by atoms with van der Waals surface area (Å²) in [6.45, 7) is 0. The summed E-state index contributed by atoms with van der Waals surface area (Å²) in [5, 5.41) is 0.665. The molecule has 0 aliphatic heterocycles. The van der Waals surface area contributed by atoms with E-state index < -0.39 is 9.84 Å². The SMILES string of the molecule is CS(=O)(=O)c1ccc(-c2nc(CSc3ccccc3)cn2-c2ccc(Cl)cc2)cc1. The van der Waals surface area contributed by atoms with Gasteiger partial charge in [-0.15, -0.1) is 11.8 Å². The van der Waals surface area contributed by atoms with E-state index >= 15 is 0 Å². The van der Waals surface area contributed by atoms with Gasteiger partial charge < -0.3 is 0 Å². The molecule has 0 N–H and O–H groups in total. The van der Waals surface area contributed by atoms with Crippen LogP contribution in [-0.2, 0) is 15.6 Å². The molecular formula is C23H19ClN2O2S2. The Kier molecular flexibility index (Phi) is 5.99. The molecule has 0 radical (unpaired) electrons. The largest absolute Gasteiger partial charge is 0.299 e. The Bertz CT molecular complexity index is 1250. The summed E-state index contributed by atoms with van der Waals surface area (Å²) < 4.78 is 25.6. The molecule has 0 amide bonds. The maximum absolute atomic E-state index is 11.8. The first-order valence-electron chi connectivity index (χ1n) is 9.23. The fraction of sp³-hybridized carbons (Fsp3) is 0.0870. The van der Waals surface area contributed by atoms with Gasteiger partial charge in [0.05, 0.1) is 10.6 Å². The normalized spacial score (nSPS) is 11.5. The van der Waals surface area contributed by atoms with Gasteiger partial charge in [-0.2, -0.15) is 0 Å². The lowest BCUT2D eigenvalue weighted by molar-refractivity contribution is 0.602. The van der Waals surface area contributed by atoms with E-state index in [9.17, 15) is 8.42 Å². The van der Waals surface area contributed by atoms with Crippen molar-refractivity contribution >= 4 is 33.2 Å². The second-order valence-electron chi connectivity index (χ2n) is 6.80. The fourth-order valence-electron chi connectivity index (χ4n) is 3.03. The average Bonchev–Trinajstić information content (AvgIpc) is 3.17. The van der Waals surface area contributed by atoms with Crippen molar-refractivity contribution in [3.8, 4) is 17.1 Å². The molecule has 0 atom stereocenters. The average molecular weight is 455 g/mol. The Morgan fingerprint density at radius 2 is 1.60 bits per heavy atom. The highest BCUT2D eigenvalue weighted by Crippen LogP contribution is 2.28. The van der Waals surface area contributed by atoms with Crippen molar-refractivity contribution in [2.45, 2.75) is 15.5 Å². The van der Waals surface area contributed by atoms with Gasteiger partial charge in [-0.25, -0.2) is 13.4 Å². The van der Waals surface area contributed by atoms with E-state index in [4.69, 9.17) is 16.6 Å². The number of sulfone groups is 1. The molecule has 0 bridgehead atoms. The Labute approximate surface area is 185 Å². The first kappa shape index (κ1) is 20.7. The maximum atomic E-state index is 11.8. The number of hydrogen-bond donors (Lipinski definition) is 0. The molecule has 0 unspecified atom stereocenters. The minimum Gasteiger partial charge on any atom is -0.299 e. The summed E-state index contributed by atoms with van der Waals surface area (Å²) in [6, 6.07) is 24.5. The van der Waals surface area contributed by atoms with Crippen LogP contribution in [0.1, 0.15) is 5.69 Å². The monoisotopic (exact) mass is 454 g/mol. The van der Waals surface area contributed by atoms with Crippen LogP contribution in [0.2, 0.25) is 5.02 Å². The Morgan fingerprint density at radius 1 is 0.933 bits per heavy atom. The molecule has 4 aromatic rings. The van der Waals surface area contributed by atoms with E-state index in [1.165, 1.54) is 11.2 Å². The topological polar surface area (TPSA) is 52.0 Å². The Hall–Kier alpha value is -2.54. The smallest absolute Gasteiger partial charge is 0.175 e. The third-order valence-corrected chi connectivity index (χ3v) is 6.96. The van der Waals surface area contributed by atoms with Crippen LogP contribution in [0.4, 0.5) is 0 Å². The molecule has 1 aromatic heterocycles. The lowest BCUT2D eigenvalue weighted by Gasteiger charge is -2.08. The molecule has 1 heterocycles. The van der Waals surface area contributed by atoms with Crippen LogP contribution in [0.5, 0.6) is 0 Å². The van der Waals surface area contributed by atoms with Crippen molar-refractivity contribution in [2.75, 3.05) is 6.26 Å². The minimum atomic E-state index is -3.25. The van der Waals surface area contributed by atoms with Crippen molar-refractivity contribution in [2.24, 2.45) is 0 Å². The summed E-state index contributed by atoms with van der Waals surface area (Å²) in [6.07, 6.45) is 3.22. The summed E-state index contributed by atoms with van der Waals surface area (Å²) in [7, 11) is -3.25. The molecule has 30 heavy (non-hydrogen) atoms. The molecule has 7 heteroatoms. The Balaban J connectivity index is 1.71. The number of benzene rings is 3. The van der Waals surface area contributed by atoms with Crippen LogP contribution in [0.15, 0.2) is 94.9 Å². The van der Waals surface area contributed by atoms with E-state index in [0.29, 0.717) is 5.02 Å². The zero-order valence-corrected chi connectivity index (χ0v) is 18.6. The standard InChI is InChI=1S/C23H19ClN2O2S2/c1-30(27,28)22-13-7-17(8-14-22)23-25-19(16-29-21-5-3-2-4-6-21)15-26(23)20-11-9-18(24)10-12-20/h2-15H,16H2,1H3. The van der Waals surface area contributed by atoms with Crippen molar-refractivity contribution in [1.82, 2.24) is 9.55 Å². The van der Waals surface area contributed by atoms with E-state index in [-0.39, 0.29) is 4.90 Å². The number of hydrogen-bond acceptors (Lipinski definition) is 4. The van der Waals surface area contributed by atoms with Gasteiger partial charge in [-0.05, 0) is 60.7 Å². The summed E-state index contributed by atoms with van der Waals surface area (Å²) >= 11 is 7.77. The molecule has 0 aliphatic rings. The molecule has 0 saturated carbocycles. The number of nitrogens with zero attached hydrogens (tertiary/aromatic N) is 2. The van der Waals surface area contributed by atoms with Crippen LogP contribution in [0, 0.1) is 0 Å².